The monoisotopic (exact) mass is 446 g/mol. The van der Waals surface area contributed by atoms with Crippen LogP contribution in [0.3, 0.4) is 0 Å². The summed E-state index contributed by atoms with van der Waals surface area (Å²) in [5.74, 6) is -0.0138. The quantitative estimate of drug-likeness (QED) is 0.225. The smallest absolute Gasteiger partial charge is 0.251 e. The summed E-state index contributed by atoms with van der Waals surface area (Å²) in [5.41, 5.74) is 1.53. The first-order valence-electron chi connectivity index (χ1n) is 11.1. The number of hydrogen-bond donors (Lipinski definition) is 4. The number of carbonyl (C=O) groups is 2. The molecule has 1 aliphatic carbocycles. The Morgan fingerprint density at radius 1 is 1.03 bits per heavy atom. The zero-order chi connectivity index (χ0) is 23.5. The molecule has 1 saturated carbocycles. The van der Waals surface area contributed by atoms with Crippen molar-refractivity contribution in [3.63, 3.8) is 0 Å². The maximum absolute atomic E-state index is 12.5. The number of benzene rings is 2. The molecule has 0 atom stereocenters. The van der Waals surface area contributed by atoms with Crippen LogP contribution in [-0.2, 0) is 10.2 Å². The number of guanidine groups is 1. The van der Waals surface area contributed by atoms with Gasteiger partial charge in [-0.25, -0.2) is 0 Å². The molecule has 0 aliphatic heterocycles. The zero-order valence-corrected chi connectivity index (χ0v) is 18.8. The molecule has 0 saturated heterocycles. The van der Waals surface area contributed by atoms with E-state index in [-0.39, 0.29) is 29.8 Å². The minimum atomic E-state index is -0.269. The van der Waals surface area contributed by atoms with E-state index in [9.17, 15) is 9.59 Å². The number of hydrogen-bond acceptors (Lipinski definition) is 4. The number of aliphatic imine (C=N–C) groups is 1. The van der Waals surface area contributed by atoms with Crippen LogP contribution in [0.4, 0.5) is 0 Å². The summed E-state index contributed by atoms with van der Waals surface area (Å²) in [6, 6.07) is 19.3. The third-order valence-electron chi connectivity index (χ3n) is 6.14. The molecule has 0 bridgehead atoms. The van der Waals surface area contributed by atoms with E-state index in [4.69, 9.17) is 5.26 Å². The van der Waals surface area contributed by atoms with E-state index in [1.807, 2.05) is 30.5 Å². The third-order valence-corrected chi connectivity index (χ3v) is 6.14. The summed E-state index contributed by atoms with van der Waals surface area (Å²) in [6.07, 6.45) is 5.39. The van der Waals surface area contributed by atoms with Crippen LogP contribution in [0.2, 0.25) is 0 Å². The Balaban J connectivity index is 1.59. The van der Waals surface area contributed by atoms with Gasteiger partial charge in [0.05, 0.1) is 6.54 Å². The molecule has 33 heavy (non-hydrogen) atoms. The lowest BCUT2D eigenvalue weighted by atomic mass is 9.68. The van der Waals surface area contributed by atoms with Gasteiger partial charge in [-0.15, -0.1) is 0 Å². The summed E-state index contributed by atoms with van der Waals surface area (Å²) in [4.78, 5) is 28.8. The maximum atomic E-state index is 12.5. The average molecular weight is 447 g/mol. The van der Waals surface area contributed by atoms with E-state index in [1.165, 1.54) is 5.56 Å². The normalized spacial score (nSPS) is 20.2. The molecular weight excluding hydrogens is 416 g/mol. The largest absolute Gasteiger partial charge is 0.354 e. The lowest BCUT2D eigenvalue weighted by Gasteiger charge is -2.41. The predicted molar refractivity (Wildman–Crippen MR) is 127 cm³/mol. The fraction of sp³-hybridized carbons (Fsp3) is 0.360. The molecule has 2 aromatic rings. The van der Waals surface area contributed by atoms with Gasteiger partial charge in [-0.2, -0.15) is 5.26 Å². The topological polar surface area (TPSA) is 118 Å². The first-order valence-corrected chi connectivity index (χ1v) is 11.1. The van der Waals surface area contributed by atoms with Crippen molar-refractivity contribution in [1.82, 2.24) is 21.3 Å². The van der Waals surface area contributed by atoms with Gasteiger partial charge in [0.1, 0.15) is 0 Å². The molecule has 0 unspecified atom stereocenters. The first-order chi connectivity index (χ1) is 16.1. The Morgan fingerprint density at radius 3 is 2.27 bits per heavy atom. The summed E-state index contributed by atoms with van der Waals surface area (Å²) >= 11 is 0. The van der Waals surface area contributed by atoms with E-state index >= 15 is 0 Å². The molecule has 4 N–H and O–H groups in total. The third kappa shape index (κ3) is 6.56. The minimum absolute atomic E-state index is 0.0705. The standard InChI is InChI=1S/C25H30N6O2/c1-27-24(30-18-26)31-21-12-14-25(15-13-21,20-10-6-3-7-11-20)17-29-22(32)16-28-23(33)19-8-4-2-5-9-19/h2-11,21H,12-17H2,1H3,(H,28,33)(H,29,32)(H2,27,30,31). The Morgan fingerprint density at radius 2 is 1.67 bits per heavy atom. The molecule has 0 heterocycles. The van der Waals surface area contributed by atoms with Gasteiger partial charge in [-0.3, -0.25) is 19.9 Å². The molecule has 0 radical (unpaired) electrons. The van der Waals surface area contributed by atoms with E-state index < -0.39 is 0 Å². The van der Waals surface area contributed by atoms with Crippen molar-refractivity contribution in [1.29, 1.82) is 5.26 Å². The molecular formula is C25H30N6O2. The number of rotatable bonds is 7. The van der Waals surface area contributed by atoms with Crippen molar-refractivity contribution in [3.05, 3.63) is 71.8 Å². The van der Waals surface area contributed by atoms with Crippen LogP contribution in [0.15, 0.2) is 65.7 Å². The van der Waals surface area contributed by atoms with Gasteiger partial charge in [0, 0.05) is 30.6 Å². The van der Waals surface area contributed by atoms with E-state index in [1.54, 1.807) is 31.3 Å². The number of nitrogens with zero attached hydrogens (tertiary/aromatic N) is 2. The molecule has 1 aliphatic rings. The van der Waals surface area contributed by atoms with Gasteiger partial charge in [0.2, 0.25) is 11.9 Å². The molecule has 1 fully saturated rings. The van der Waals surface area contributed by atoms with Crippen LogP contribution in [0, 0.1) is 11.5 Å². The number of nitrogens with one attached hydrogen (secondary N) is 4. The number of carbonyl (C=O) groups excluding carboxylic acids is 2. The van der Waals surface area contributed by atoms with Gasteiger partial charge in [-0.1, -0.05) is 48.5 Å². The van der Waals surface area contributed by atoms with Crippen LogP contribution in [0.25, 0.3) is 0 Å². The molecule has 172 valence electrons. The van der Waals surface area contributed by atoms with Gasteiger partial charge in [0.15, 0.2) is 6.19 Å². The fourth-order valence-electron chi connectivity index (χ4n) is 4.26. The fourth-order valence-corrected chi connectivity index (χ4v) is 4.26. The number of nitriles is 1. The van der Waals surface area contributed by atoms with Gasteiger partial charge in [-0.05, 0) is 43.4 Å². The highest BCUT2D eigenvalue weighted by atomic mass is 16.2. The molecule has 2 aromatic carbocycles. The predicted octanol–water partition coefficient (Wildman–Crippen LogP) is 2.06. The molecule has 8 heteroatoms. The van der Waals surface area contributed by atoms with Crippen molar-refractivity contribution >= 4 is 17.8 Å². The van der Waals surface area contributed by atoms with E-state index in [0.29, 0.717) is 18.1 Å². The second-order valence-electron chi connectivity index (χ2n) is 8.20. The van der Waals surface area contributed by atoms with Crippen LogP contribution in [0.1, 0.15) is 41.6 Å². The minimum Gasteiger partial charge on any atom is -0.354 e. The van der Waals surface area contributed by atoms with Crippen molar-refractivity contribution in [2.45, 2.75) is 37.1 Å². The van der Waals surface area contributed by atoms with Gasteiger partial charge in [0.25, 0.3) is 5.91 Å². The zero-order valence-electron chi connectivity index (χ0n) is 18.8. The maximum Gasteiger partial charge on any atom is 0.251 e. The lowest BCUT2D eigenvalue weighted by Crippen LogP contribution is -2.50. The Hall–Kier alpha value is -3.86. The van der Waals surface area contributed by atoms with Crippen LogP contribution >= 0.6 is 0 Å². The molecule has 0 aromatic heterocycles. The molecule has 3 rings (SSSR count). The highest BCUT2D eigenvalue weighted by molar-refractivity contribution is 5.96. The van der Waals surface area contributed by atoms with Crippen molar-refractivity contribution in [3.8, 4) is 6.19 Å². The van der Waals surface area contributed by atoms with Crippen LogP contribution < -0.4 is 21.3 Å². The van der Waals surface area contributed by atoms with E-state index in [0.717, 1.165) is 25.7 Å². The Kier molecular flexibility index (Phi) is 8.42. The first kappa shape index (κ1) is 23.8. The van der Waals surface area contributed by atoms with Crippen LogP contribution in [0.5, 0.6) is 0 Å². The highest BCUT2D eigenvalue weighted by Gasteiger charge is 2.37. The summed E-state index contributed by atoms with van der Waals surface area (Å²) in [5, 5.41) is 20.4. The second kappa shape index (κ2) is 11.7. The summed E-state index contributed by atoms with van der Waals surface area (Å²) in [7, 11) is 1.63. The van der Waals surface area contributed by atoms with Crippen molar-refractivity contribution in [2.75, 3.05) is 20.1 Å². The summed E-state index contributed by atoms with van der Waals surface area (Å²) in [6.45, 7) is 0.424. The van der Waals surface area contributed by atoms with Crippen molar-refractivity contribution < 1.29 is 9.59 Å². The van der Waals surface area contributed by atoms with E-state index in [2.05, 4.69) is 38.4 Å². The Labute approximate surface area is 194 Å². The second-order valence-corrected chi connectivity index (χ2v) is 8.20. The van der Waals surface area contributed by atoms with Crippen LogP contribution in [-0.4, -0.2) is 44.0 Å². The SMILES string of the molecule is CN=C(NC#N)NC1CCC(CNC(=O)CNC(=O)c2ccccc2)(c2ccccc2)CC1. The van der Waals surface area contributed by atoms with Gasteiger partial charge < -0.3 is 16.0 Å². The average Bonchev–Trinajstić information content (AvgIpc) is 2.87. The van der Waals surface area contributed by atoms with Gasteiger partial charge >= 0.3 is 0 Å². The lowest BCUT2D eigenvalue weighted by molar-refractivity contribution is -0.120. The Bertz CT molecular complexity index is 993. The number of amides is 2. The van der Waals surface area contributed by atoms with Crippen molar-refractivity contribution in [2.24, 2.45) is 4.99 Å². The molecule has 0 spiro atoms. The molecule has 8 nitrogen and oxygen atoms in total. The molecule has 2 amide bonds. The summed E-state index contributed by atoms with van der Waals surface area (Å²) < 4.78 is 0. The highest BCUT2D eigenvalue weighted by Crippen LogP contribution is 2.39.